The minimum absolute atomic E-state index is 0.145. The number of nitrogen functional groups attached to an aromatic ring is 1. The molecular formula is C19H15ClF3N3OS. The molecule has 0 atom stereocenters. The number of aromatic nitrogens is 1. The summed E-state index contributed by atoms with van der Waals surface area (Å²) in [7, 11) is 0. The molecule has 1 amide bonds. The number of anilines is 2. The van der Waals surface area contributed by atoms with Gasteiger partial charge in [0, 0.05) is 16.1 Å². The van der Waals surface area contributed by atoms with Crippen LogP contribution in [0.2, 0.25) is 5.02 Å². The van der Waals surface area contributed by atoms with Crippen LogP contribution in [-0.4, -0.2) is 10.9 Å². The van der Waals surface area contributed by atoms with Crippen LogP contribution in [0.3, 0.4) is 0 Å². The maximum absolute atomic E-state index is 13.5. The van der Waals surface area contributed by atoms with Crippen molar-refractivity contribution in [1.82, 2.24) is 4.98 Å². The standard InChI is InChI=1S/C19H15ClF3N3OS/c20-9-5-7-10(8-6-9)25-17(27)15-14(24)13-11-3-1-2-4-12(11)16(19(21,22)23)26-18(13)28-15/h5-8H,1-4,24H2,(H,25,27). The van der Waals surface area contributed by atoms with Crippen molar-refractivity contribution in [1.29, 1.82) is 0 Å². The number of amides is 1. The second kappa shape index (κ2) is 6.93. The molecule has 1 aliphatic carbocycles. The smallest absolute Gasteiger partial charge is 0.397 e. The molecule has 1 aliphatic rings. The average Bonchev–Trinajstić information content (AvgIpc) is 2.99. The maximum Gasteiger partial charge on any atom is 0.433 e. The Morgan fingerprint density at radius 2 is 1.79 bits per heavy atom. The van der Waals surface area contributed by atoms with Gasteiger partial charge in [0.2, 0.25) is 0 Å². The summed E-state index contributed by atoms with van der Waals surface area (Å²) >= 11 is 6.72. The van der Waals surface area contributed by atoms with E-state index in [1.54, 1.807) is 24.3 Å². The van der Waals surface area contributed by atoms with Crippen molar-refractivity contribution in [3.63, 3.8) is 0 Å². The largest absolute Gasteiger partial charge is 0.433 e. The number of benzene rings is 1. The summed E-state index contributed by atoms with van der Waals surface area (Å²) in [6, 6.07) is 6.51. The zero-order chi connectivity index (χ0) is 20.1. The number of nitrogens with zero attached hydrogens (tertiary/aromatic N) is 1. The fourth-order valence-electron chi connectivity index (χ4n) is 3.54. The van der Waals surface area contributed by atoms with Crippen molar-refractivity contribution >= 4 is 50.4 Å². The Morgan fingerprint density at radius 1 is 1.14 bits per heavy atom. The Labute approximate surface area is 167 Å². The zero-order valence-electron chi connectivity index (χ0n) is 14.5. The Balaban J connectivity index is 1.82. The summed E-state index contributed by atoms with van der Waals surface area (Å²) < 4.78 is 40.5. The molecule has 1 aromatic carbocycles. The molecule has 0 bridgehead atoms. The third-order valence-electron chi connectivity index (χ3n) is 4.77. The SMILES string of the molecule is Nc1c(C(=O)Nc2ccc(Cl)cc2)sc2nc(C(F)(F)F)c3c(c12)CCCC3. The molecule has 0 spiro atoms. The van der Waals surface area contributed by atoms with Crippen LogP contribution >= 0.6 is 22.9 Å². The summed E-state index contributed by atoms with van der Waals surface area (Å²) in [6.45, 7) is 0. The number of halogens is 4. The zero-order valence-corrected chi connectivity index (χ0v) is 16.1. The van der Waals surface area contributed by atoms with Crippen molar-refractivity contribution in [2.24, 2.45) is 0 Å². The van der Waals surface area contributed by atoms with Crippen LogP contribution in [-0.2, 0) is 19.0 Å². The number of fused-ring (bicyclic) bond motifs is 3. The van der Waals surface area contributed by atoms with Gasteiger partial charge in [-0.25, -0.2) is 4.98 Å². The monoisotopic (exact) mass is 425 g/mol. The first-order valence-electron chi connectivity index (χ1n) is 8.63. The van der Waals surface area contributed by atoms with Crippen molar-refractivity contribution in [3.05, 3.63) is 51.0 Å². The highest BCUT2D eigenvalue weighted by Gasteiger charge is 2.38. The minimum atomic E-state index is -4.54. The van der Waals surface area contributed by atoms with E-state index in [9.17, 15) is 18.0 Å². The first kappa shape index (κ1) is 19.0. The first-order valence-corrected chi connectivity index (χ1v) is 9.83. The predicted octanol–water partition coefficient (Wildman–Crippen LogP) is 5.68. The fraction of sp³-hybridized carbons (Fsp3) is 0.263. The highest BCUT2D eigenvalue weighted by molar-refractivity contribution is 7.21. The van der Waals surface area contributed by atoms with Gasteiger partial charge in [-0.15, -0.1) is 11.3 Å². The molecule has 2 aromatic heterocycles. The number of alkyl halides is 3. The number of nitrogens with two attached hydrogens (primary N) is 1. The number of nitrogens with one attached hydrogen (secondary N) is 1. The van der Waals surface area contributed by atoms with Gasteiger partial charge in [0.15, 0.2) is 0 Å². The number of carbonyl (C=O) groups is 1. The molecule has 4 rings (SSSR count). The Kier molecular flexibility index (Phi) is 4.71. The summed E-state index contributed by atoms with van der Waals surface area (Å²) in [5.74, 6) is -0.485. The quantitative estimate of drug-likeness (QED) is 0.554. The summed E-state index contributed by atoms with van der Waals surface area (Å²) in [4.78, 5) is 16.8. The molecule has 0 saturated heterocycles. The number of hydrogen-bond acceptors (Lipinski definition) is 4. The van der Waals surface area contributed by atoms with Gasteiger partial charge in [0.25, 0.3) is 5.91 Å². The van der Waals surface area contributed by atoms with Crippen molar-refractivity contribution < 1.29 is 18.0 Å². The van der Waals surface area contributed by atoms with Gasteiger partial charge < -0.3 is 11.1 Å². The maximum atomic E-state index is 13.5. The minimum Gasteiger partial charge on any atom is -0.397 e. The molecule has 28 heavy (non-hydrogen) atoms. The lowest BCUT2D eigenvalue weighted by molar-refractivity contribution is -0.141. The highest BCUT2D eigenvalue weighted by Crippen LogP contribution is 2.43. The number of hydrogen-bond donors (Lipinski definition) is 2. The molecule has 0 aliphatic heterocycles. The Bertz CT molecular complexity index is 1080. The third-order valence-corrected chi connectivity index (χ3v) is 6.12. The molecule has 3 aromatic rings. The van der Waals surface area contributed by atoms with E-state index in [2.05, 4.69) is 10.3 Å². The number of carbonyl (C=O) groups excluding carboxylic acids is 1. The lowest BCUT2D eigenvalue weighted by Crippen LogP contribution is -2.17. The van der Waals surface area contributed by atoms with Gasteiger partial charge in [0.1, 0.15) is 15.4 Å². The molecular weight excluding hydrogens is 411 g/mol. The molecule has 0 radical (unpaired) electrons. The molecule has 9 heteroatoms. The number of rotatable bonds is 2. The number of pyridine rings is 1. The van der Waals surface area contributed by atoms with Gasteiger partial charge in [-0.05, 0) is 61.1 Å². The van der Waals surface area contributed by atoms with Gasteiger partial charge in [-0.2, -0.15) is 13.2 Å². The molecule has 146 valence electrons. The van der Waals surface area contributed by atoms with Gasteiger partial charge >= 0.3 is 6.18 Å². The van der Waals surface area contributed by atoms with Crippen LogP contribution in [0, 0.1) is 0 Å². The van der Waals surface area contributed by atoms with Crippen LogP contribution in [0.1, 0.15) is 39.3 Å². The van der Waals surface area contributed by atoms with E-state index in [1.807, 2.05) is 0 Å². The summed E-state index contributed by atoms with van der Waals surface area (Å²) in [6.07, 6.45) is -2.27. The van der Waals surface area contributed by atoms with E-state index in [0.29, 0.717) is 40.9 Å². The van der Waals surface area contributed by atoms with Crippen molar-refractivity contribution in [2.45, 2.75) is 31.9 Å². The second-order valence-electron chi connectivity index (χ2n) is 6.61. The molecule has 3 N–H and O–H groups in total. The molecule has 0 saturated carbocycles. The van der Waals surface area contributed by atoms with Crippen LogP contribution < -0.4 is 11.1 Å². The van der Waals surface area contributed by atoms with E-state index < -0.39 is 17.8 Å². The lowest BCUT2D eigenvalue weighted by atomic mass is 9.88. The molecule has 0 fully saturated rings. The highest BCUT2D eigenvalue weighted by atomic mass is 35.5. The molecule has 0 unspecified atom stereocenters. The second-order valence-corrected chi connectivity index (χ2v) is 8.04. The van der Waals surface area contributed by atoms with Crippen molar-refractivity contribution in [2.75, 3.05) is 11.1 Å². The van der Waals surface area contributed by atoms with E-state index >= 15 is 0 Å². The fourth-order valence-corrected chi connectivity index (χ4v) is 4.68. The van der Waals surface area contributed by atoms with E-state index in [-0.39, 0.29) is 21.0 Å². The van der Waals surface area contributed by atoms with Gasteiger partial charge in [0.05, 0.1) is 5.69 Å². The van der Waals surface area contributed by atoms with E-state index in [4.69, 9.17) is 17.3 Å². The first-order chi connectivity index (χ1) is 13.3. The normalized spacial score (nSPS) is 14.1. The number of thiophene rings is 1. The lowest BCUT2D eigenvalue weighted by Gasteiger charge is -2.21. The molecule has 2 heterocycles. The van der Waals surface area contributed by atoms with Crippen LogP contribution in [0.5, 0.6) is 0 Å². The Hall–Kier alpha value is -2.32. The van der Waals surface area contributed by atoms with Crippen molar-refractivity contribution in [3.8, 4) is 0 Å². The van der Waals surface area contributed by atoms with Crippen LogP contribution in [0.4, 0.5) is 24.5 Å². The van der Waals surface area contributed by atoms with Gasteiger partial charge in [-0.1, -0.05) is 11.6 Å². The number of aryl methyl sites for hydroxylation is 1. The molecule has 4 nitrogen and oxygen atoms in total. The summed E-state index contributed by atoms with van der Waals surface area (Å²) in [5.41, 5.74) is 6.83. The van der Waals surface area contributed by atoms with E-state index in [1.165, 1.54) is 0 Å². The third kappa shape index (κ3) is 3.31. The van der Waals surface area contributed by atoms with Gasteiger partial charge in [-0.3, -0.25) is 4.79 Å². The topological polar surface area (TPSA) is 68.0 Å². The Morgan fingerprint density at radius 3 is 2.43 bits per heavy atom. The van der Waals surface area contributed by atoms with Crippen LogP contribution in [0.25, 0.3) is 10.2 Å². The average molecular weight is 426 g/mol. The van der Waals surface area contributed by atoms with E-state index in [0.717, 1.165) is 17.8 Å². The van der Waals surface area contributed by atoms with Crippen LogP contribution in [0.15, 0.2) is 24.3 Å². The predicted molar refractivity (Wildman–Crippen MR) is 105 cm³/mol. The summed E-state index contributed by atoms with van der Waals surface area (Å²) in [5, 5.41) is 3.70.